The Bertz CT molecular complexity index is 1700. The van der Waals surface area contributed by atoms with E-state index < -0.39 is 53.7 Å². The Labute approximate surface area is 234 Å². The zero-order chi connectivity index (χ0) is 28.3. The fourth-order valence-corrected chi connectivity index (χ4v) is 5.90. The van der Waals surface area contributed by atoms with Crippen molar-refractivity contribution in [2.75, 3.05) is 6.61 Å². The van der Waals surface area contributed by atoms with Crippen LogP contribution in [0.2, 0.25) is 5.02 Å². The predicted molar refractivity (Wildman–Crippen MR) is 140 cm³/mol. The summed E-state index contributed by atoms with van der Waals surface area (Å²) in [5, 5.41) is 49.2. The van der Waals surface area contributed by atoms with Gasteiger partial charge in [-0.05, 0) is 44.2 Å². The lowest BCUT2D eigenvalue weighted by atomic mass is 9.92. The molecular formula is C25H22ClF2N7O4S. The van der Waals surface area contributed by atoms with Gasteiger partial charge in [0.05, 0.1) is 33.7 Å². The first kappa shape index (κ1) is 26.8. The second kappa shape index (κ2) is 10.2. The first-order valence-electron chi connectivity index (χ1n) is 12.1. The van der Waals surface area contributed by atoms with Crippen molar-refractivity contribution in [1.82, 2.24) is 34.7 Å². The topological polar surface area (TPSA) is 144 Å². The largest absolute Gasteiger partial charge is 0.394 e. The quantitative estimate of drug-likeness (QED) is 0.263. The molecule has 1 aliphatic rings. The summed E-state index contributed by atoms with van der Waals surface area (Å²) >= 11 is 7.12. The number of benzene rings is 2. The third-order valence-corrected chi connectivity index (χ3v) is 8.12. The number of fused-ring (bicyclic) bond motifs is 1. The highest BCUT2D eigenvalue weighted by molar-refractivity contribution is 7.18. The molecule has 0 unspecified atom stereocenters. The van der Waals surface area contributed by atoms with Crippen LogP contribution in [0.5, 0.6) is 0 Å². The fraction of sp³-hybridized carbons (Fsp3) is 0.320. The lowest BCUT2D eigenvalue weighted by Crippen LogP contribution is -2.53. The van der Waals surface area contributed by atoms with Crippen LogP contribution < -0.4 is 0 Å². The Morgan fingerprint density at radius 2 is 1.80 bits per heavy atom. The molecule has 0 aliphatic carbocycles. The number of nitrogens with zero attached hydrogens (tertiary/aromatic N) is 7. The summed E-state index contributed by atoms with van der Waals surface area (Å²) < 4.78 is 37.9. The van der Waals surface area contributed by atoms with Crippen LogP contribution in [0.15, 0.2) is 36.5 Å². The lowest BCUT2D eigenvalue weighted by Gasteiger charge is -2.41. The van der Waals surface area contributed by atoms with E-state index in [0.717, 1.165) is 27.4 Å². The van der Waals surface area contributed by atoms with Crippen LogP contribution in [0.25, 0.3) is 27.2 Å². The third kappa shape index (κ3) is 4.46. The summed E-state index contributed by atoms with van der Waals surface area (Å²) in [6.45, 7) is 3.09. The second-order valence-corrected chi connectivity index (χ2v) is 11.0. The minimum atomic E-state index is -1.44. The van der Waals surface area contributed by atoms with Crippen LogP contribution in [0.4, 0.5) is 8.78 Å². The number of aliphatic hydroxyl groups excluding tert-OH is 3. The lowest BCUT2D eigenvalue weighted by molar-refractivity contribution is -0.210. The SMILES string of the molecule is Cc1nc2ccc(-n3c(C)nnc3[C@@H]3O[C@H](CO)[C@H](O)[C@H](n4cc(-c5cc(F)c(Cl)c(F)c5)nn4)[C@H]3O)cc2s1. The zero-order valence-electron chi connectivity index (χ0n) is 21.0. The molecule has 0 saturated carbocycles. The van der Waals surface area contributed by atoms with Crippen molar-refractivity contribution < 1.29 is 28.8 Å². The summed E-state index contributed by atoms with van der Waals surface area (Å²) in [6.07, 6.45) is -3.81. The monoisotopic (exact) mass is 589 g/mol. The highest BCUT2D eigenvalue weighted by atomic mass is 35.5. The number of aryl methyl sites for hydroxylation is 2. The van der Waals surface area contributed by atoms with Crippen molar-refractivity contribution in [2.24, 2.45) is 0 Å². The molecule has 0 amide bonds. The average molecular weight is 590 g/mol. The number of aromatic nitrogens is 7. The van der Waals surface area contributed by atoms with Crippen molar-refractivity contribution in [1.29, 1.82) is 0 Å². The smallest absolute Gasteiger partial charge is 0.169 e. The molecule has 0 bridgehead atoms. The highest BCUT2D eigenvalue weighted by Gasteiger charge is 2.48. The van der Waals surface area contributed by atoms with Crippen LogP contribution in [-0.4, -0.2) is 75.0 Å². The van der Waals surface area contributed by atoms with E-state index in [1.165, 1.54) is 22.2 Å². The van der Waals surface area contributed by atoms with Gasteiger partial charge < -0.3 is 20.1 Å². The van der Waals surface area contributed by atoms with E-state index in [2.05, 4.69) is 25.5 Å². The Morgan fingerprint density at radius 3 is 2.52 bits per heavy atom. The molecule has 1 aliphatic heterocycles. The van der Waals surface area contributed by atoms with Gasteiger partial charge in [0.1, 0.15) is 58.6 Å². The van der Waals surface area contributed by atoms with Crippen molar-refractivity contribution >= 4 is 33.2 Å². The van der Waals surface area contributed by atoms with E-state index in [4.69, 9.17) is 16.3 Å². The van der Waals surface area contributed by atoms with Crippen LogP contribution >= 0.6 is 22.9 Å². The number of halogens is 3. The molecule has 5 aromatic rings. The number of aliphatic hydroxyl groups is 3. The van der Waals surface area contributed by atoms with Gasteiger partial charge in [0.2, 0.25) is 0 Å². The van der Waals surface area contributed by atoms with Gasteiger partial charge in [0, 0.05) is 5.56 Å². The number of hydrogen-bond acceptors (Lipinski definition) is 10. The summed E-state index contributed by atoms with van der Waals surface area (Å²) in [6, 6.07) is 6.49. The van der Waals surface area contributed by atoms with Crippen molar-refractivity contribution in [2.45, 2.75) is 44.3 Å². The van der Waals surface area contributed by atoms with Crippen molar-refractivity contribution in [3.63, 3.8) is 0 Å². The molecule has 0 radical (unpaired) electrons. The molecule has 4 heterocycles. The maximum absolute atomic E-state index is 14.0. The molecule has 40 heavy (non-hydrogen) atoms. The minimum Gasteiger partial charge on any atom is -0.394 e. The third-order valence-electron chi connectivity index (χ3n) is 6.83. The molecule has 3 N–H and O–H groups in total. The van der Waals surface area contributed by atoms with E-state index in [-0.39, 0.29) is 17.1 Å². The normalized spacial score (nSPS) is 23.2. The summed E-state index contributed by atoms with van der Waals surface area (Å²) in [4.78, 5) is 4.49. The zero-order valence-corrected chi connectivity index (χ0v) is 22.6. The van der Waals surface area contributed by atoms with Gasteiger partial charge in [0.15, 0.2) is 5.82 Å². The van der Waals surface area contributed by atoms with Gasteiger partial charge in [-0.3, -0.25) is 4.57 Å². The number of hydrogen-bond donors (Lipinski definition) is 3. The van der Waals surface area contributed by atoms with Gasteiger partial charge in [-0.25, -0.2) is 18.4 Å². The molecule has 2 aromatic carbocycles. The predicted octanol–water partition coefficient (Wildman–Crippen LogP) is 3.08. The standard InChI is InChI=1S/C25H22ClF2N7O4S/c1-10-30-32-25(35(10)13-3-4-16-19(7-13)40-11(2)29-16)24-23(38)21(22(37)18(9-36)39-24)34-8-17(31-33-34)12-5-14(27)20(26)15(28)6-12/h3-8,18,21-24,36-38H,9H2,1-2H3/t18-,21+,22+,23-,24-/m1/s1. The van der Waals surface area contributed by atoms with E-state index in [0.29, 0.717) is 11.5 Å². The minimum absolute atomic E-state index is 0.0565. The maximum Gasteiger partial charge on any atom is 0.169 e. The summed E-state index contributed by atoms with van der Waals surface area (Å²) in [7, 11) is 0. The van der Waals surface area contributed by atoms with Crippen LogP contribution in [0.3, 0.4) is 0 Å². The first-order chi connectivity index (χ1) is 19.2. The van der Waals surface area contributed by atoms with Crippen LogP contribution in [0, 0.1) is 25.5 Å². The van der Waals surface area contributed by atoms with Gasteiger partial charge in [-0.1, -0.05) is 16.8 Å². The molecule has 11 nitrogen and oxygen atoms in total. The summed E-state index contributed by atoms with van der Waals surface area (Å²) in [5.41, 5.74) is 1.69. The van der Waals surface area contributed by atoms with E-state index in [9.17, 15) is 24.1 Å². The maximum atomic E-state index is 14.0. The molecule has 6 rings (SSSR count). The fourth-order valence-electron chi connectivity index (χ4n) is 4.94. The molecule has 0 spiro atoms. The molecule has 5 atom stereocenters. The summed E-state index contributed by atoms with van der Waals surface area (Å²) in [5.74, 6) is -1.19. The molecule has 208 valence electrons. The molecule has 15 heteroatoms. The number of ether oxygens (including phenoxy) is 1. The number of rotatable bonds is 5. The average Bonchev–Trinajstić information content (AvgIpc) is 3.65. The first-order valence-corrected chi connectivity index (χ1v) is 13.3. The van der Waals surface area contributed by atoms with Crippen molar-refractivity contribution in [3.05, 3.63) is 69.8 Å². The van der Waals surface area contributed by atoms with E-state index in [1.807, 2.05) is 25.1 Å². The van der Waals surface area contributed by atoms with Crippen LogP contribution in [0.1, 0.15) is 28.8 Å². The van der Waals surface area contributed by atoms with Gasteiger partial charge >= 0.3 is 0 Å². The molecule has 3 aromatic heterocycles. The van der Waals surface area contributed by atoms with Gasteiger partial charge in [-0.2, -0.15) is 0 Å². The van der Waals surface area contributed by atoms with E-state index in [1.54, 1.807) is 11.5 Å². The Morgan fingerprint density at radius 1 is 1.05 bits per heavy atom. The molecule has 1 saturated heterocycles. The number of thiazole rings is 1. The van der Waals surface area contributed by atoms with Gasteiger partial charge in [0.25, 0.3) is 0 Å². The Hall–Kier alpha value is -3.40. The van der Waals surface area contributed by atoms with Crippen molar-refractivity contribution in [3.8, 4) is 16.9 Å². The second-order valence-electron chi connectivity index (χ2n) is 9.41. The highest BCUT2D eigenvalue weighted by Crippen LogP contribution is 2.39. The molecule has 1 fully saturated rings. The van der Waals surface area contributed by atoms with Gasteiger partial charge in [-0.15, -0.1) is 26.6 Å². The Balaban J connectivity index is 1.39. The Kier molecular flexibility index (Phi) is 6.84. The van der Waals surface area contributed by atoms with E-state index >= 15 is 0 Å². The van der Waals surface area contributed by atoms with Crippen LogP contribution in [-0.2, 0) is 4.74 Å². The molecular weight excluding hydrogens is 568 g/mol.